The molecule has 3 rings (SSSR count). The number of amides is 1. The maximum atomic E-state index is 10.9. The molecule has 4 N–H and O–H groups in total. The van der Waals surface area contributed by atoms with Crippen molar-refractivity contribution in [3.63, 3.8) is 0 Å². The topological polar surface area (TPSA) is 96.7 Å². The van der Waals surface area contributed by atoms with Crippen LogP contribution < -0.4 is 11.1 Å². The first-order valence-corrected chi connectivity index (χ1v) is 7.62. The minimum Gasteiger partial charge on any atom is -0.370 e. The molecule has 0 aliphatic heterocycles. The van der Waals surface area contributed by atoms with E-state index in [0.717, 1.165) is 16.5 Å². The van der Waals surface area contributed by atoms with Gasteiger partial charge in [0.2, 0.25) is 5.91 Å². The standard InChI is InChI=1S/C15H13Cl2N5O/c16-11-2-1-9-10(8-6-20-21-7-8)5-13(19-4-3-12(18)23)22-15(9)14(11)17/h1-2,5-7H,3-4H2,(H2,18,23)(H,19,22)(H,20,21). The number of carbonyl (C=O) groups is 1. The molecule has 8 heteroatoms. The molecule has 0 fully saturated rings. The third-order valence-corrected chi connectivity index (χ3v) is 4.15. The number of H-pyrrole nitrogens is 1. The second kappa shape index (κ2) is 6.44. The molecule has 0 saturated heterocycles. The summed E-state index contributed by atoms with van der Waals surface area (Å²) in [7, 11) is 0. The highest BCUT2D eigenvalue weighted by Gasteiger charge is 2.13. The number of aromatic amines is 1. The number of hydrogen-bond donors (Lipinski definition) is 3. The van der Waals surface area contributed by atoms with Crippen molar-refractivity contribution >= 4 is 45.8 Å². The van der Waals surface area contributed by atoms with Crippen molar-refractivity contribution in [2.24, 2.45) is 5.73 Å². The van der Waals surface area contributed by atoms with Crippen LogP contribution in [0.2, 0.25) is 10.0 Å². The first kappa shape index (κ1) is 15.6. The van der Waals surface area contributed by atoms with E-state index in [-0.39, 0.29) is 12.3 Å². The Hall–Kier alpha value is -2.31. The van der Waals surface area contributed by atoms with E-state index in [4.69, 9.17) is 28.9 Å². The number of nitrogens with one attached hydrogen (secondary N) is 2. The molecule has 6 nitrogen and oxygen atoms in total. The molecule has 0 bridgehead atoms. The zero-order valence-electron chi connectivity index (χ0n) is 11.9. The van der Waals surface area contributed by atoms with Crippen LogP contribution in [0.5, 0.6) is 0 Å². The Morgan fingerprint density at radius 1 is 1.35 bits per heavy atom. The summed E-state index contributed by atoms with van der Waals surface area (Å²) >= 11 is 12.4. The molecule has 0 aliphatic rings. The number of nitrogens with zero attached hydrogens (tertiary/aromatic N) is 2. The number of nitrogens with two attached hydrogens (primary N) is 1. The predicted molar refractivity (Wildman–Crippen MR) is 91.6 cm³/mol. The fraction of sp³-hybridized carbons (Fsp3) is 0.133. The van der Waals surface area contributed by atoms with E-state index < -0.39 is 0 Å². The van der Waals surface area contributed by atoms with Crippen molar-refractivity contribution in [1.29, 1.82) is 0 Å². The summed E-state index contributed by atoms with van der Waals surface area (Å²) in [6.45, 7) is 0.386. The summed E-state index contributed by atoms with van der Waals surface area (Å²) in [5.74, 6) is 0.202. The Kier molecular flexibility index (Phi) is 4.36. The molecule has 23 heavy (non-hydrogen) atoms. The van der Waals surface area contributed by atoms with Crippen molar-refractivity contribution in [1.82, 2.24) is 15.2 Å². The lowest BCUT2D eigenvalue weighted by atomic mass is 10.0. The van der Waals surface area contributed by atoms with Crippen LogP contribution >= 0.6 is 23.2 Å². The summed E-state index contributed by atoms with van der Waals surface area (Å²) in [5, 5.41) is 11.5. The fourth-order valence-electron chi connectivity index (χ4n) is 2.28. The summed E-state index contributed by atoms with van der Waals surface area (Å²) in [6, 6.07) is 5.47. The van der Waals surface area contributed by atoms with Crippen molar-refractivity contribution in [3.05, 3.63) is 40.6 Å². The van der Waals surface area contributed by atoms with Crippen LogP contribution in [-0.2, 0) is 4.79 Å². The first-order chi connectivity index (χ1) is 11.1. The molecule has 0 atom stereocenters. The van der Waals surface area contributed by atoms with E-state index in [1.54, 1.807) is 18.5 Å². The van der Waals surface area contributed by atoms with Gasteiger partial charge in [-0.3, -0.25) is 9.89 Å². The molecule has 0 unspecified atom stereocenters. The number of rotatable bonds is 5. The Labute approximate surface area is 142 Å². The molecule has 118 valence electrons. The van der Waals surface area contributed by atoms with Gasteiger partial charge in [-0.05, 0) is 17.7 Å². The van der Waals surface area contributed by atoms with Gasteiger partial charge in [0.1, 0.15) is 5.82 Å². The van der Waals surface area contributed by atoms with E-state index in [1.807, 2.05) is 12.1 Å². The highest BCUT2D eigenvalue weighted by Crippen LogP contribution is 2.36. The lowest BCUT2D eigenvalue weighted by Crippen LogP contribution is -2.16. The zero-order chi connectivity index (χ0) is 16.4. The van der Waals surface area contributed by atoms with Gasteiger partial charge in [0.05, 0.1) is 21.8 Å². The van der Waals surface area contributed by atoms with Gasteiger partial charge in [-0.1, -0.05) is 29.3 Å². The molecular weight excluding hydrogens is 337 g/mol. The molecule has 0 saturated carbocycles. The van der Waals surface area contributed by atoms with Gasteiger partial charge in [0, 0.05) is 30.1 Å². The van der Waals surface area contributed by atoms with Crippen molar-refractivity contribution in [2.75, 3.05) is 11.9 Å². The minimum absolute atomic E-state index is 0.212. The minimum atomic E-state index is -0.380. The maximum absolute atomic E-state index is 10.9. The van der Waals surface area contributed by atoms with Crippen LogP contribution in [0.15, 0.2) is 30.6 Å². The van der Waals surface area contributed by atoms with Gasteiger partial charge in [-0.25, -0.2) is 4.98 Å². The van der Waals surface area contributed by atoms with Gasteiger partial charge in [-0.2, -0.15) is 5.10 Å². The molecule has 2 heterocycles. The maximum Gasteiger partial charge on any atom is 0.219 e. The van der Waals surface area contributed by atoms with Gasteiger partial charge < -0.3 is 11.1 Å². The highest BCUT2D eigenvalue weighted by atomic mass is 35.5. The van der Waals surface area contributed by atoms with E-state index in [0.29, 0.717) is 27.9 Å². The third kappa shape index (κ3) is 3.23. The monoisotopic (exact) mass is 349 g/mol. The number of fused-ring (bicyclic) bond motifs is 1. The third-order valence-electron chi connectivity index (χ3n) is 3.36. The summed E-state index contributed by atoms with van der Waals surface area (Å²) in [4.78, 5) is 15.4. The van der Waals surface area contributed by atoms with E-state index in [9.17, 15) is 4.79 Å². The number of hydrogen-bond acceptors (Lipinski definition) is 4. The zero-order valence-corrected chi connectivity index (χ0v) is 13.4. The van der Waals surface area contributed by atoms with Gasteiger partial charge >= 0.3 is 0 Å². The van der Waals surface area contributed by atoms with E-state index in [2.05, 4.69) is 20.5 Å². The fourth-order valence-corrected chi connectivity index (χ4v) is 2.63. The van der Waals surface area contributed by atoms with Gasteiger partial charge in [0.15, 0.2) is 0 Å². The van der Waals surface area contributed by atoms with Crippen LogP contribution in [0, 0.1) is 0 Å². The van der Waals surface area contributed by atoms with Crippen LogP contribution in [0.3, 0.4) is 0 Å². The number of anilines is 1. The lowest BCUT2D eigenvalue weighted by molar-refractivity contribution is -0.117. The number of pyridine rings is 1. The summed E-state index contributed by atoms with van der Waals surface area (Å²) in [6.07, 6.45) is 3.71. The number of carbonyl (C=O) groups excluding carboxylic acids is 1. The lowest BCUT2D eigenvalue weighted by Gasteiger charge is -2.11. The summed E-state index contributed by atoms with van der Waals surface area (Å²) in [5.41, 5.74) is 7.53. The van der Waals surface area contributed by atoms with Gasteiger partial charge in [0.25, 0.3) is 0 Å². The Morgan fingerprint density at radius 2 is 2.17 bits per heavy atom. The van der Waals surface area contributed by atoms with Crippen LogP contribution in [-0.4, -0.2) is 27.6 Å². The van der Waals surface area contributed by atoms with Crippen molar-refractivity contribution in [3.8, 4) is 11.1 Å². The molecule has 3 aromatic rings. The highest BCUT2D eigenvalue weighted by molar-refractivity contribution is 6.45. The number of aromatic nitrogens is 3. The van der Waals surface area contributed by atoms with E-state index in [1.165, 1.54) is 0 Å². The molecule has 1 amide bonds. The van der Waals surface area contributed by atoms with Crippen LogP contribution in [0.4, 0.5) is 5.82 Å². The Bertz CT molecular complexity index is 864. The second-order valence-electron chi connectivity index (χ2n) is 4.94. The van der Waals surface area contributed by atoms with Crippen LogP contribution in [0.1, 0.15) is 6.42 Å². The number of primary amides is 1. The van der Waals surface area contributed by atoms with Crippen molar-refractivity contribution in [2.45, 2.75) is 6.42 Å². The predicted octanol–water partition coefficient (Wildman–Crippen LogP) is 3.22. The largest absolute Gasteiger partial charge is 0.370 e. The number of halogens is 2. The Morgan fingerprint density at radius 3 is 2.87 bits per heavy atom. The quantitative estimate of drug-likeness (QED) is 0.658. The molecule has 0 radical (unpaired) electrons. The average molecular weight is 350 g/mol. The summed E-state index contributed by atoms with van der Waals surface area (Å²) < 4.78 is 0. The normalized spacial score (nSPS) is 10.9. The molecule has 1 aromatic carbocycles. The molecule has 0 aliphatic carbocycles. The molecule has 0 spiro atoms. The first-order valence-electron chi connectivity index (χ1n) is 6.86. The van der Waals surface area contributed by atoms with Crippen LogP contribution in [0.25, 0.3) is 22.0 Å². The van der Waals surface area contributed by atoms with E-state index >= 15 is 0 Å². The second-order valence-corrected chi connectivity index (χ2v) is 5.73. The average Bonchev–Trinajstić information content (AvgIpc) is 3.04. The molecular formula is C15H13Cl2N5O. The van der Waals surface area contributed by atoms with Gasteiger partial charge in [-0.15, -0.1) is 0 Å². The number of benzene rings is 1. The Balaban J connectivity index is 2.11. The SMILES string of the molecule is NC(=O)CCNc1cc(-c2cn[nH]c2)c2ccc(Cl)c(Cl)c2n1. The molecule has 2 aromatic heterocycles. The smallest absolute Gasteiger partial charge is 0.219 e. The van der Waals surface area contributed by atoms with Crippen molar-refractivity contribution < 1.29 is 4.79 Å².